The zero-order valence-corrected chi connectivity index (χ0v) is 12.3. The highest BCUT2D eigenvalue weighted by Gasteiger charge is 2.01. The molecule has 4 nitrogen and oxygen atoms in total. The summed E-state index contributed by atoms with van der Waals surface area (Å²) in [6, 6.07) is 12.3. The normalized spacial score (nSPS) is 12.1. The minimum Gasteiger partial charge on any atom is -0.489 e. The maximum atomic E-state index is 8.86. The van der Waals surface area contributed by atoms with E-state index >= 15 is 0 Å². The zero-order valence-electron chi connectivity index (χ0n) is 12.3. The van der Waals surface area contributed by atoms with Crippen molar-refractivity contribution in [2.45, 2.75) is 32.5 Å². The van der Waals surface area contributed by atoms with Crippen molar-refractivity contribution in [2.75, 3.05) is 6.61 Å². The molecule has 0 saturated heterocycles. The lowest BCUT2D eigenvalue weighted by Gasteiger charge is -2.12. The Morgan fingerprint density at radius 2 is 1.81 bits per heavy atom. The minimum absolute atomic E-state index is 0.218. The van der Waals surface area contributed by atoms with E-state index in [-0.39, 0.29) is 6.61 Å². The van der Waals surface area contributed by atoms with Crippen LogP contribution >= 0.6 is 0 Å². The van der Waals surface area contributed by atoms with Crippen LogP contribution in [0.4, 0.5) is 0 Å². The molecule has 0 radical (unpaired) electrons. The molecular formula is C17H22N2O2. The second-order valence-corrected chi connectivity index (χ2v) is 5.08. The molecule has 1 aromatic heterocycles. The van der Waals surface area contributed by atoms with Crippen LogP contribution in [0, 0.1) is 0 Å². The fraction of sp³-hybridized carbons (Fsp3) is 0.353. The molecule has 0 fully saturated rings. The standard InChI is InChI=1S/C17H22N2O2/c1-14(8-11-20)19-12-15-2-4-17(5-3-15)21-13-16-6-9-18-10-7-16/h2-7,9-10,14,19-20H,8,11-13H2,1H3. The van der Waals surface area contributed by atoms with E-state index in [1.807, 2.05) is 24.3 Å². The lowest BCUT2D eigenvalue weighted by Crippen LogP contribution is -2.26. The van der Waals surface area contributed by atoms with Crippen molar-refractivity contribution < 1.29 is 9.84 Å². The van der Waals surface area contributed by atoms with Crippen molar-refractivity contribution in [1.82, 2.24) is 10.3 Å². The second kappa shape index (κ2) is 8.39. The SMILES string of the molecule is CC(CCO)NCc1ccc(OCc2ccncc2)cc1. The van der Waals surface area contributed by atoms with E-state index < -0.39 is 0 Å². The Balaban J connectivity index is 1.79. The molecule has 4 heteroatoms. The molecule has 2 N–H and O–H groups in total. The molecule has 0 spiro atoms. The van der Waals surface area contributed by atoms with E-state index in [0.717, 1.165) is 24.3 Å². The molecule has 0 aliphatic heterocycles. The molecule has 0 aliphatic rings. The van der Waals surface area contributed by atoms with Crippen LogP contribution in [0.1, 0.15) is 24.5 Å². The molecule has 112 valence electrons. The average Bonchev–Trinajstić information content (AvgIpc) is 2.53. The quantitative estimate of drug-likeness (QED) is 0.783. The van der Waals surface area contributed by atoms with Gasteiger partial charge in [0.15, 0.2) is 0 Å². The molecule has 1 aromatic carbocycles. The monoisotopic (exact) mass is 286 g/mol. The third kappa shape index (κ3) is 5.53. The molecule has 1 heterocycles. The average molecular weight is 286 g/mol. The number of aliphatic hydroxyl groups excluding tert-OH is 1. The smallest absolute Gasteiger partial charge is 0.119 e. The predicted octanol–water partition coefficient (Wildman–Crippen LogP) is 2.52. The number of hydrogen-bond donors (Lipinski definition) is 2. The van der Waals surface area contributed by atoms with Crippen LogP contribution in [-0.4, -0.2) is 22.7 Å². The number of benzene rings is 1. The van der Waals surface area contributed by atoms with Gasteiger partial charge in [-0.05, 0) is 48.7 Å². The number of hydrogen-bond acceptors (Lipinski definition) is 4. The van der Waals surface area contributed by atoms with Gasteiger partial charge in [0.05, 0.1) is 0 Å². The van der Waals surface area contributed by atoms with Crippen molar-refractivity contribution in [3.8, 4) is 5.75 Å². The van der Waals surface area contributed by atoms with E-state index in [1.54, 1.807) is 12.4 Å². The van der Waals surface area contributed by atoms with Crippen LogP contribution in [0.15, 0.2) is 48.8 Å². The number of pyridine rings is 1. The number of nitrogens with zero attached hydrogens (tertiary/aromatic N) is 1. The van der Waals surface area contributed by atoms with Crippen molar-refractivity contribution in [3.05, 3.63) is 59.9 Å². The summed E-state index contributed by atoms with van der Waals surface area (Å²) in [6.45, 7) is 3.64. The van der Waals surface area contributed by atoms with Gasteiger partial charge in [0.1, 0.15) is 12.4 Å². The summed E-state index contributed by atoms with van der Waals surface area (Å²) in [7, 11) is 0. The first-order valence-corrected chi connectivity index (χ1v) is 7.23. The van der Waals surface area contributed by atoms with E-state index in [1.165, 1.54) is 5.56 Å². The predicted molar refractivity (Wildman–Crippen MR) is 83.0 cm³/mol. The summed E-state index contributed by atoms with van der Waals surface area (Å²) in [6.07, 6.45) is 4.30. The van der Waals surface area contributed by atoms with E-state index in [4.69, 9.17) is 9.84 Å². The molecule has 2 aromatic rings. The van der Waals surface area contributed by atoms with Gasteiger partial charge in [-0.25, -0.2) is 0 Å². The van der Waals surface area contributed by atoms with Crippen LogP contribution < -0.4 is 10.1 Å². The fourth-order valence-electron chi connectivity index (χ4n) is 1.94. The number of rotatable bonds is 8. The Morgan fingerprint density at radius 3 is 2.48 bits per heavy atom. The summed E-state index contributed by atoms with van der Waals surface area (Å²) in [5.74, 6) is 0.860. The van der Waals surface area contributed by atoms with Crippen LogP contribution in [-0.2, 0) is 13.2 Å². The van der Waals surface area contributed by atoms with Gasteiger partial charge in [-0.1, -0.05) is 12.1 Å². The Bertz CT molecular complexity index is 514. The van der Waals surface area contributed by atoms with Gasteiger partial charge in [-0.15, -0.1) is 0 Å². The lowest BCUT2D eigenvalue weighted by molar-refractivity contribution is 0.268. The van der Waals surface area contributed by atoms with Gasteiger partial charge in [0, 0.05) is 31.6 Å². The number of aromatic nitrogens is 1. The van der Waals surface area contributed by atoms with Crippen molar-refractivity contribution in [1.29, 1.82) is 0 Å². The van der Waals surface area contributed by atoms with Gasteiger partial charge in [-0.3, -0.25) is 4.98 Å². The molecule has 0 aliphatic carbocycles. The summed E-state index contributed by atoms with van der Waals surface area (Å²) in [5.41, 5.74) is 2.31. The van der Waals surface area contributed by atoms with E-state index in [2.05, 4.69) is 29.4 Å². The first kappa shape index (κ1) is 15.5. The first-order valence-electron chi connectivity index (χ1n) is 7.23. The Hall–Kier alpha value is -1.91. The summed E-state index contributed by atoms with van der Waals surface area (Å²) in [4.78, 5) is 3.98. The number of ether oxygens (including phenoxy) is 1. The summed E-state index contributed by atoms with van der Waals surface area (Å²) >= 11 is 0. The second-order valence-electron chi connectivity index (χ2n) is 5.08. The molecule has 1 atom stereocenters. The van der Waals surface area contributed by atoms with Crippen LogP contribution in [0.25, 0.3) is 0 Å². The summed E-state index contributed by atoms with van der Waals surface area (Å²) in [5, 5.41) is 12.2. The molecule has 0 bridgehead atoms. The van der Waals surface area contributed by atoms with Crippen LogP contribution in [0.5, 0.6) is 5.75 Å². The number of nitrogens with one attached hydrogen (secondary N) is 1. The van der Waals surface area contributed by atoms with Crippen LogP contribution in [0.3, 0.4) is 0 Å². The zero-order chi connectivity index (χ0) is 14.9. The van der Waals surface area contributed by atoms with Crippen molar-refractivity contribution in [2.24, 2.45) is 0 Å². The molecular weight excluding hydrogens is 264 g/mol. The minimum atomic E-state index is 0.218. The maximum Gasteiger partial charge on any atom is 0.119 e. The highest BCUT2D eigenvalue weighted by Crippen LogP contribution is 2.14. The summed E-state index contributed by atoms with van der Waals surface area (Å²) < 4.78 is 5.73. The number of aliphatic hydroxyl groups is 1. The largest absolute Gasteiger partial charge is 0.489 e. The molecule has 1 unspecified atom stereocenters. The lowest BCUT2D eigenvalue weighted by atomic mass is 10.2. The Morgan fingerprint density at radius 1 is 1.10 bits per heavy atom. The third-order valence-corrected chi connectivity index (χ3v) is 3.29. The highest BCUT2D eigenvalue weighted by atomic mass is 16.5. The van der Waals surface area contributed by atoms with E-state index in [9.17, 15) is 0 Å². The Kier molecular flexibility index (Phi) is 6.19. The third-order valence-electron chi connectivity index (χ3n) is 3.29. The van der Waals surface area contributed by atoms with Gasteiger partial charge >= 0.3 is 0 Å². The van der Waals surface area contributed by atoms with Gasteiger partial charge in [-0.2, -0.15) is 0 Å². The van der Waals surface area contributed by atoms with Gasteiger partial charge in [0.2, 0.25) is 0 Å². The van der Waals surface area contributed by atoms with Crippen molar-refractivity contribution >= 4 is 0 Å². The molecule has 0 amide bonds. The Labute approximate surface area is 125 Å². The molecule has 21 heavy (non-hydrogen) atoms. The van der Waals surface area contributed by atoms with Gasteiger partial charge in [0.25, 0.3) is 0 Å². The first-order chi connectivity index (χ1) is 10.3. The fourth-order valence-corrected chi connectivity index (χ4v) is 1.94. The topological polar surface area (TPSA) is 54.4 Å². The maximum absolute atomic E-state index is 8.86. The van der Waals surface area contributed by atoms with Gasteiger partial charge < -0.3 is 15.2 Å². The molecule has 0 saturated carbocycles. The molecule has 2 rings (SSSR count). The van der Waals surface area contributed by atoms with Crippen LogP contribution in [0.2, 0.25) is 0 Å². The highest BCUT2D eigenvalue weighted by molar-refractivity contribution is 5.27. The van der Waals surface area contributed by atoms with Crippen molar-refractivity contribution in [3.63, 3.8) is 0 Å². The van der Waals surface area contributed by atoms with E-state index in [0.29, 0.717) is 12.6 Å².